The Balaban J connectivity index is 0.00000144. The van der Waals surface area contributed by atoms with Crippen LogP contribution in [0.5, 0.6) is 5.88 Å². The summed E-state index contributed by atoms with van der Waals surface area (Å²) in [4.78, 5) is 23.5. The first kappa shape index (κ1) is 19.5. The van der Waals surface area contributed by atoms with E-state index in [1.54, 1.807) is 12.1 Å². The number of hydrogen-bond donors (Lipinski definition) is 1. The van der Waals surface area contributed by atoms with Crippen LogP contribution in [-0.2, 0) is 4.57 Å². The van der Waals surface area contributed by atoms with Crippen molar-refractivity contribution in [1.82, 2.24) is 4.98 Å². The molecule has 2 rings (SSSR count). The number of rotatable bonds is 2. The zero-order chi connectivity index (χ0) is 11.9. The molecule has 0 radical (unpaired) electrons. The number of phosphoric acid groups is 1. The van der Waals surface area contributed by atoms with Gasteiger partial charge in [0.05, 0.1) is 5.02 Å². The van der Waals surface area contributed by atoms with E-state index >= 15 is 0 Å². The molecule has 0 saturated carbocycles. The molecule has 0 bridgehead atoms. The second-order valence-electron chi connectivity index (χ2n) is 2.99. The molecule has 1 aromatic heterocycles. The second kappa shape index (κ2) is 7.48. The summed E-state index contributed by atoms with van der Waals surface area (Å²) in [6.07, 6.45) is 0. The molecule has 0 aliphatic rings. The molecule has 0 saturated heterocycles. The molecule has 0 aliphatic heterocycles. The number of fused-ring (bicyclic) bond motifs is 1. The first-order valence-electron chi connectivity index (χ1n) is 4.05. The van der Waals surface area contributed by atoms with Crippen molar-refractivity contribution in [3.63, 3.8) is 0 Å². The van der Waals surface area contributed by atoms with Gasteiger partial charge in [-0.2, -0.15) is 0 Å². The molecular weight excluding hydrogens is 366 g/mol. The van der Waals surface area contributed by atoms with Crippen molar-refractivity contribution in [2.24, 2.45) is 0 Å². The average molecular weight is 370 g/mol. The third kappa shape index (κ3) is 4.79. The molecule has 1 N–H and O–H groups in total. The summed E-state index contributed by atoms with van der Waals surface area (Å²) >= 11 is 9.18. The summed E-state index contributed by atoms with van der Waals surface area (Å²) in [5.74, 6) is -0.150. The van der Waals surface area contributed by atoms with Crippen molar-refractivity contribution in [1.29, 1.82) is 0 Å². The van der Waals surface area contributed by atoms with Crippen molar-refractivity contribution >= 4 is 46.3 Å². The van der Waals surface area contributed by atoms with Gasteiger partial charge in [-0.15, -0.1) is 0 Å². The number of H-pyrrole nitrogens is 1. The normalized spacial score (nSPS) is 10.7. The Kier molecular flexibility index (Phi) is 8.09. The third-order valence-corrected chi connectivity index (χ3v) is 3.59. The van der Waals surface area contributed by atoms with Gasteiger partial charge in [-0.1, -0.05) is 11.6 Å². The van der Waals surface area contributed by atoms with Gasteiger partial charge in [0.15, 0.2) is 5.88 Å². The molecule has 86 valence electrons. The summed E-state index contributed by atoms with van der Waals surface area (Å²) in [7, 11) is -5.06. The summed E-state index contributed by atoms with van der Waals surface area (Å²) in [6.45, 7) is 0. The van der Waals surface area contributed by atoms with Crippen LogP contribution < -0.4 is 73.4 Å². The van der Waals surface area contributed by atoms with Gasteiger partial charge in [-0.25, -0.2) is 0 Å². The minimum Gasteiger partial charge on any atom is -0.780 e. The van der Waals surface area contributed by atoms with E-state index in [1.165, 1.54) is 6.07 Å². The number of phosphoric ester groups is 1. The molecule has 2 aromatic rings. The first-order chi connectivity index (χ1) is 7.37. The number of aromatic amines is 1. The monoisotopic (exact) mass is 369 g/mol. The molecule has 1 aromatic carbocycles. The zero-order valence-electron chi connectivity index (χ0n) is 9.57. The number of aromatic nitrogens is 1. The van der Waals surface area contributed by atoms with Gasteiger partial charge in [0.25, 0.3) is 0 Å². The van der Waals surface area contributed by atoms with Crippen LogP contribution in [0.25, 0.3) is 10.9 Å². The van der Waals surface area contributed by atoms with Gasteiger partial charge >= 0.3 is 59.1 Å². The Labute approximate surface area is 161 Å². The fourth-order valence-corrected chi connectivity index (χ4v) is 2.19. The van der Waals surface area contributed by atoms with Crippen molar-refractivity contribution in [2.45, 2.75) is 0 Å². The summed E-state index contributed by atoms with van der Waals surface area (Å²) in [5, 5.41) is 0.981. The molecule has 5 nitrogen and oxygen atoms in total. The van der Waals surface area contributed by atoms with Crippen LogP contribution in [0, 0.1) is 0 Å². The maximum absolute atomic E-state index is 10.4. The minimum atomic E-state index is -5.06. The molecule has 0 atom stereocenters. The maximum atomic E-state index is 10.4. The minimum absolute atomic E-state index is 0. The van der Waals surface area contributed by atoms with E-state index in [0.717, 1.165) is 0 Å². The van der Waals surface area contributed by atoms with Crippen molar-refractivity contribution in [3.05, 3.63) is 27.7 Å². The van der Waals surface area contributed by atoms with Crippen molar-refractivity contribution < 1.29 is 78.0 Å². The van der Waals surface area contributed by atoms with Crippen LogP contribution in [0.4, 0.5) is 0 Å². The Morgan fingerprint density at radius 3 is 2.50 bits per heavy atom. The Hall–Kier alpha value is 1.48. The van der Waals surface area contributed by atoms with Gasteiger partial charge in [0, 0.05) is 21.4 Å². The van der Waals surface area contributed by atoms with Gasteiger partial charge in [-0.3, -0.25) is 0 Å². The largest absolute Gasteiger partial charge is 1.00 e. The molecular formula is C8H4BrClNNa2O4P. The molecule has 0 unspecified atom stereocenters. The molecule has 0 spiro atoms. The topological polar surface area (TPSA) is 88.2 Å². The third-order valence-electron chi connectivity index (χ3n) is 1.88. The van der Waals surface area contributed by atoms with Crippen LogP contribution in [0.15, 0.2) is 22.7 Å². The van der Waals surface area contributed by atoms with Gasteiger partial charge in [-0.05, 0) is 28.1 Å². The van der Waals surface area contributed by atoms with Crippen molar-refractivity contribution in [3.8, 4) is 5.88 Å². The standard InChI is InChI=1S/C8H6BrClNO4P.2Na/c9-5-1-2-6-4(8(5)10)3-7(11-6)15-16(12,13)14;;/h1-3,11H,(H2,12,13,14);;/q;2*+1/p-2. The van der Waals surface area contributed by atoms with Crippen LogP contribution in [0.2, 0.25) is 5.02 Å². The van der Waals surface area contributed by atoms with E-state index in [9.17, 15) is 14.4 Å². The Bertz CT molecular complexity index is 602. The summed E-state index contributed by atoms with van der Waals surface area (Å²) in [6, 6.07) is 4.72. The SMILES string of the molecule is O=P([O-])([O-])Oc1cc2c(Cl)c(Br)ccc2[nH]1.[Na+].[Na+]. The van der Waals surface area contributed by atoms with Gasteiger partial charge in [0.2, 0.25) is 0 Å². The summed E-state index contributed by atoms with van der Waals surface area (Å²) in [5.41, 5.74) is 0.580. The quantitative estimate of drug-likeness (QED) is 0.429. The fraction of sp³-hybridized carbons (Fsp3) is 0. The van der Waals surface area contributed by atoms with E-state index in [4.69, 9.17) is 11.6 Å². The maximum Gasteiger partial charge on any atom is 1.00 e. The molecule has 10 heteroatoms. The molecule has 0 fully saturated rings. The van der Waals surface area contributed by atoms with Crippen LogP contribution >= 0.6 is 35.4 Å². The van der Waals surface area contributed by atoms with Crippen LogP contribution in [0.3, 0.4) is 0 Å². The number of hydrogen-bond acceptors (Lipinski definition) is 4. The summed E-state index contributed by atoms with van der Waals surface area (Å²) < 4.78 is 15.3. The van der Waals surface area contributed by atoms with E-state index in [0.29, 0.717) is 20.4 Å². The predicted octanol–water partition coefficient (Wildman–Crippen LogP) is -4.20. The fourth-order valence-electron chi connectivity index (χ4n) is 1.29. The molecule has 1 heterocycles. The van der Waals surface area contributed by atoms with Crippen molar-refractivity contribution in [2.75, 3.05) is 0 Å². The molecule has 0 amide bonds. The number of nitrogens with one attached hydrogen (secondary N) is 1. The predicted molar refractivity (Wildman–Crippen MR) is 59.2 cm³/mol. The van der Waals surface area contributed by atoms with Gasteiger partial charge in [0.1, 0.15) is 7.82 Å². The average Bonchev–Trinajstić information content (AvgIpc) is 2.52. The zero-order valence-corrected chi connectivity index (χ0v) is 16.8. The Morgan fingerprint density at radius 2 is 1.94 bits per heavy atom. The smallest absolute Gasteiger partial charge is 0.780 e. The molecule has 0 aliphatic carbocycles. The first-order valence-corrected chi connectivity index (χ1v) is 6.68. The number of halogens is 2. The van der Waals surface area contributed by atoms with Gasteiger partial charge < -0.3 is 23.9 Å². The second-order valence-corrected chi connectivity index (χ2v) is 5.30. The van der Waals surface area contributed by atoms with Crippen LogP contribution in [-0.4, -0.2) is 4.98 Å². The van der Waals surface area contributed by atoms with E-state index in [-0.39, 0.29) is 65.0 Å². The van der Waals surface area contributed by atoms with Crippen LogP contribution in [0.1, 0.15) is 0 Å². The molecule has 18 heavy (non-hydrogen) atoms. The van der Waals surface area contributed by atoms with E-state index in [2.05, 4.69) is 25.4 Å². The Morgan fingerprint density at radius 1 is 1.33 bits per heavy atom. The van der Waals surface area contributed by atoms with E-state index < -0.39 is 7.82 Å². The number of benzene rings is 1. The van der Waals surface area contributed by atoms with E-state index in [1.807, 2.05) is 0 Å².